The first kappa shape index (κ1) is 10.7. The monoisotopic (exact) mass is 200 g/mol. The molecule has 1 rings (SSSR count). The van der Waals surface area contributed by atoms with Gasteiger partial charge in [0.25, 0.3) is 0 Å². The fourth-order valence-electron chi connectivity index (χ4n) is 0.895. The second-order valence-corrected chi connectivity index (χ2v) is 3.23. The zero-order valence-corrected chi connectivity index (χ0v) is 8.96. The highest BCUT2D eigenvalue weighted by Crippen LogP contribution is 2.06. The highest BCUT2D eigenvalue weighted by molar-refractivity contribution is 7.84. The minimum atomic E-state index is 0.927. The Morgan fingerprint density at radius 2 is 2.29 bits per heavy atom. The molecule has 0 aliphatic carbocycles. The molecule has 14 heavy (non-hydrogen) atoms. The third-order valence-corrected chi connectivity index (χ3v) is 1.89. The quantitative estimate of drug-likeness (QED) is 0.558. The van der Waals surface area contributed by atoms with Crippen molar-refractivity contribution >= 4 is 18.7 Å². The molecule has 1 aromatic rings. The van der Waals surface area contributed by atoms with E-state index in [9.17, 15) is 0 Å². The van der Waals surface area contributed by atoms with Crippen molar-refractivity contribution in [2.45, 2.75) is 6.92 Å². The van der Waals surface area contributed by atoms with E-state index < -0.39 is 0 Å². The first-order valence-electron chi connectivity index (χ1n) is 4.41. The average molecular weight is 200 g/mol. The summed E-state index contributed by atoms with van der Waals surface area (Å²) >= 11 is 4.30. The minimum Gasteiger partial charge on any atom is -0.143 e. The number of rotatable bonds is 3. The molecule has 0 amide bonds. The molecule has 0 bridgehead atoms. The zero-order valence-electron chi connectivity index (χ0n) is 8.07. The van der Waals surface area contributed by atoms with E-state index in [-0.39, 0.29) is 0 Å². The molecule has 0 radical (unpaired) electrons. The van der Waals surface area contributed by atoms with E-state index in [4.69, 9.17) is 0 Å². The van der Waals surface area contributed by atoms with Crippen LogP contribution in [0.3, 0.4) is 0 Å². The maximum absolute atomic E-state index is 4.30. The Bertz CT molecular complexity index is 345. The van der Waals surface area contributed by atoms with Crippen LogP contribution >= 0.6 is 12.6 Å². The van der Waals surface area contributed by atoms with Crippen molar-refractivity contribution in [2.24, 2.45) is 0 Å². The number of hydrogen-bond donors (Lipinski definition) is 1. The van der Waals surface area contributed by atoms with Gasteiger partial charge in [-0.15, -0.1) is 12.6 Å². The van der Waals surface area contributed by atoms with Crippen LogP contribution in [0.25, 0.3) is 6.08 Å². The van der Waals surface area contributed by atoms with Gasteiger partial charge in [-0.25, -0.2) is 0 Å². The van der Waals surface area contributed by atoms with Gasteiger partial charge in [0.05, 0.1) is 0 Å². The van der Waals surface area contributed by atoms with Gasteiger partial charge in [-0.3, -0.25) is 0 Å². The summed E-state index contributed by atoms with van der Waals surface area (Å²) in [5.74, 6) is 0. The molecule has 0 nitrogen and oxygen atoms in total. The van der Waals surface area contributed by atoms with E-state index in [0.29, 0.717) is 0 Å². The van der Waals surface area contributed by atoms with Crippen molar-refractivity contribution in [1.29, 1.82) is 0 Å². The van der Waals surface area contributed by atoms with Crippen molar-refractivity contribution in [3.05, 3.63) is 65.1 Å². The molecule has 0 aliphatic heterocycles. The lowest BCUT2D eigenvalue weighted by Gasteiger charge is -1.89. The molecule has 0 atom stereocenters. The summed E-state index contributed by atoms with van der Waals surface area (Å²) in [6.45, 7) is 1.98. The van der Waals surface area contributed by atoms with Crippen LogP contribution in [0, 0.1) is 12.1 Å². The molecule has 0 aliphatic rings. The van der Waals surface area contributed by atoms with Crippen LogP contribution in [0.2, 0.25) is 0 Å². The van der Waals surface area contributed by atoms with E-state index in [0.717, 1.165) is 10.5 Å². The normalized spacial score (nSPS) is 12.3. The molecule has 0 heterocycles. The highest BCUT2D eigenvalue weighted by Gasteiger charge is 1.82. The van der Waals surface area contributed by atoms with Crippen molar-refractivity contribution in [3.8, 4) is 0 Å². The van der Waals surface area contributed by atoms with E-state index in [2.05, 4.69) is 24.8 Å². The minimum absolute atomic E-state index is 0.927. The fourth-order valence-corrected chi connectivity index (χ4v) is 1.06. The molecule has 70 valence electrons. The van der Waals surface area contributed by atoms with Crippen molar-refractivity contribution in [1.82, 2.24) is 0 Å². The second-order valence-electron chi connectivity index (χ2n) is 2.72. The van der Waals surface area contributed by atoms with Gasteiger partial charge in [0.15, 0.2) is 0 Å². The third-order valence-electron chi connectivity index (χ3n) is 1.59. The Morgan fingerprint density at radius 1 is 1.43 bits per heavy atom. The first-order valence-corrected chi connectivity index (χ1v) is 4.85. The second kappa shape index (κ2) is 6.12. The van der Waals surface area contributed by atoms with E-state index in [1.165, 1.54) is 0 Å². The van der Waals surface area contributed by atoms with Gasteiger partial charge >= 0.3 is 0 Å². The summed E-state index contributed by atoms with van der Waals surface area (Å²) < 4.78 is 0. The van der Waals surface area contributed by atoms with Crippen LogP contribution in [0.4, 0.5) is 0 Å². The first-order chi connectivity index (χ1) is 6.83. The summed E-state index contributed by atoms with van der Waals surface area (Å²) in [5, 5.41) is 0. The van der Waals surface area contributed by atoms with Gasteiger partial charge in [-0.05, 0) is 42.8 Å². The standard InChI is InChI=1S/C13H12S/c1-2-3-9-13(14)11-10-12-7-5-4-6-8-12/h2-3,5,7-11,14H,1H3/b3-2+,11-10+,13-9-. The summed E-state index contributed by atoms with van der Waals surface area (Å²) in [5.41, 5.74) is 1.10. The van der Waals surface area contributed by atoms with E-state index in [1.807, 2.05) is 55.5 Å². The van der Waals surface area contributed by atoms with Crippen LogP contribution in [0.5, 0.6) is 0 Å². The molecular weight excluding hydrogens is 188 g/mol. The van der Waals surface area contributed by atoms with Crippen molar-refractivity contribution in [3.63, 3.8) is 0 Å². The molecule has 0 saturated carbocycles. The maximum Gasteiger partial charge on any atom is 0.00400 e. The highest BCUT2D eigenvalue weighted by atomic mass is 32.1. The molecule has 0 spiro atoms. The SMILES string of the molecule is C/C=C/C=C(S)/C=C/c1cc#ccc1. The lowest BCUT2D eigenvalue weighted by Crippen LogP contribution is -1.67. The Morgan fingerprint density at radius 3 is 2.93 bits per heavy atom. The van der Waals surface area contributed by atoms with Gasteiger partial charge in [-0.2, -0.15) is 0 Å². The van der Waals surface area contributed by atoms with E-state index >= 15 is 0 Å². The molecular formula is C13H12S. The Hall–Kier alpha value is -1.39. The van der Waals surface area contributed by atoms with Gasteiger partial charge in [0.2, 0.25) is 0 Å². The van der Waals surface area contributed by atoms with E-state index in [1.54, 1.807) is 0 Å². The smallest absolute Gasteiger partial charge is 0.00400 e. The summed E-state index contributed by atoms with van der Waals surface area (Å²) in [6, 6.07) is 11.4. The lowest BCUT2D eigenvalue weighted by atomic mass is 10.2. The lowest BCUT2D eigenvalue weighted by molar-refractivity contribution is 1.68. The molecule has 0 unspecified atom stereocenters. The molecule has 1 heteroatoms. The maximum atomic E-state index is 4.30. The van der Waals surface area contributed by atoms with Gasteiger partial charge in [0.1, 0.15) is 0 Å². The third kappa shape index (κ3) is 4.02. The van der Waals surface area contributed by atoms with Gasteiger partial charge in [0, 0.05) is 4.91 Å². The van der Waals surface area contributed by atoms with Crippen LogP contribution in [0.1, 0.15) is 12.5 Å². The molecule has 0 fully saturated rings. The average Bonchev–Trinajstić information content (AvgIpc) is 2.25. The van der Waals surface area contributed by atoms with Gasteiger partial charge < -0.3 is 0 Å². The molecule has 0 aromatic heterocycles. The number of thiol groups is 1. The molecule has 0 saturated heterocycles. The fraction of sp³-hybridized carbons (Fsp3) is 0.0769. The molecule has 0 N–H and O–H groups in total. The largest absolute Gasteiger partial charge is 0.143 e. The topological polar surface area (TPSA) is 0 Å². The van der Waals surface area contributed by atoms with Crippen LogP contribution < -0.4 is 0 Å². The van der Waals surface area contributed by atoms with Crippen molar-refractivity contribution < 1.29 is 0 Å². The van der Waals surface area contributed by atoms with Gasteiger partial charge in [-0.1, -0.05) is 30.4 Å². The summed E-state index contributed by atoms with van der Waals surface area (Å²) in [4.78, 5) is 0.927. The Kier molecular flexibility index (Phi) is 4.68. The zero-order chi connectivity index (χ0) is 10.2. The van der Waals surface area contributed by atoms with Crippen LogP contribution in [-0.4, -0.2) is 0 Å². The van der Waals surface area contributed by atoms with Crippen LogP contribution in [0.15, 0.2) is 47.4 Å². The molecule has 1 aromatic carbocycles. The Labute approximate surface area is 91.1 Å². The van der Waals surface area contributed by atoms with Crippen LogP contribution in [-0.2, 0) is 0 Å². The summed E-state index contributed by atoms with van der Waals surface area (Å²) in [7, 11) is 0. The number of allylic oxidation sites excluding steroid dienone is 4. The van der Waals surface area contributed by atoms with Crippen molar-refractivity contribution in [2.75, 3.05) is 0 Å². The summed E-state index contributed by atoms with van der Waals surface area (Å²) in [6.07, 6.45) is 9.81. The predicted molar refractivity (Wildman–Crippen MR) is 65.0 cm³/mol. The Balaban J connectivity index is 2.65. The predicted octanol–water partition coefficient (Wildman–Crippen LogP) is 3.69. The number of hydrogen-bond acceptors (Lipinski definition) is 1.